The first-order chi connectivity index (χ1) is 16.7. The molecule has 0 saturated heterocycles. The summed E-state index contributed by atoms with van der Waals surface area (Å²) < 4.78 is 7.94. The number of amides is 2. The summed E-state index contributed by atoms with van der Waals surface area (Å²) in [5.74, 6) is -1.41. The Kier molecular flexibility index (Phi) is 6.10. The topological polar surface area (TPSA) is 153 Å². The third kappa shape index (κ3) is 4.76. The van der Waals surface area contributed by atoms with E-state index in [1.54, 1.807) is 56.0 Å². The lowest BCUT2D eigenvalue weighted by Gasteiger charge is -2.05. The summed E-state index contributed by atoms with van der Waals surface area (Å²) in [6.07, 6.45) is 2.87. The second-order valence-corrected chi connectivity index (χ2v) is 7.79. The van der Waals surface area contributed by atoms with Gasteiger partial charge in [0.25, 0.3) is 17.5 Å². The number of aromatic amines is 1. The van der Waals surface area contributed by atoms with E-state index in [0.29, 0.717) is 22.6 Å². The van der Waals surface area contributed by atoms with Crippen LogP contribution < -0.4 is 10.6 Å². The number of esters is 1. The molecule has 0 radical (unpaired) electrons. The number of nitro groups is 1. The predicted molar refractivity (Wildman–Crippen MR) is 128 cm³/mol. The van der Waals surface area contributed by atoms with E-state index in [0.717, 1.165) is 5.39 Å². The normalized spacial score (nSPS) is 10.8. The highest BCUT2D eigenvalue weighted by atomic mass is 16.6. The molecule has 0 bridgehead atoms. The maximum absolute atomic E-state index is 12.7. The van der Waals surface area contributed by atoms with Gasteiger partial charge in [-0.1, -0.05) is 6.07 Å². The fourth-order valence-corrected chi connectivity index (χ4v) is 3.63. The Bertz CT molecular complexity index is 1480. The maximum atomic E-state index is 12.7. The first kappa shape index (κ1) is 23.3. The lowest BCUT2D eigenvalue weighted by Crippen LogP contribution is -2.15. The minimum absolute atomic E-state index is 0.133. The number of aromatic nitrogens is 3. The van der Waals surface area contributed by atoms with Crippen molar-refractivity contribution in [3.8, 4) is 0 Å². The minimum atomic E-state index is -0.568. The highest BCUT2D eigenvalue weighted by molar-refractivity contribution is 6.08. The first-order valence-electron chi connectivity index (χ1n) is 10.6. The molecule has 3 heterocycles. The van der Waals surface area contributed by atoms with E-state index in [-0.39, 0.29) is 23.7 Å². The van der Waals surface area contributed by atoms with Gasteiger partial charge in [0, 0.05) is 42.9 Å². The Balaban J connectivity index is 1.49. The van der Waals surface area contributed by atoms with E-state index >= 15 is 0 Å². The summed E-state index contributed by atoms with van der Waals surface area (Å²) in [6.45, 7) is 1.96. The number of nitrogens with one attached hydrogen (secondary N) is 3. The summed E-state index contributed by atoms with van der Waals surface area (Å²) >= 11 is 0. The molecule has 35 heavy (non-hydrogen) atoms. The number of aryl methyl sites for hydroxylation is 2. The Morgan fingerprint density at radius 2 is 1.69 bits per heavy atom. The van der Waals surface area contributed by atoms with Gasteiger partial charge in [-0.2, -0.15) is 0 Å². The third-order valence-corrected chi connectivity index (χ3v) is 5.31. The van der Waals surface area contributed by atoms with Crippen molar-refractivity contribution in [2.45, 2.75) is 6.92 Å². The van der Waals surface area contributed by atoms with Gasteiger partial charge in [-0.3, -0.25) is 19.7 Å². The quantitative estimate of drug-likeness (QED) is 0.210. The van der Waals surface area contributed by atoms with Crippen molar-refractivity contribution in [3.63, 3.8) is 0 Å². The number of benzene rings is 1. The molecule has 12 nitrogen and oxygen atoms in total. The molecule has 0 saturated carbocycles. The standard InChI is InChI=1S/C23H22N6O6/c1-4-35-23(32)20-9-15(11-27(20)2)25-21(30)18-7-13-5-6-14(8-17(13)26-18)24-22(31)19-10-16(29(33)34)12-28(19)3/h5-12,26H,4H2,1-3H3,(H,24,31)(H,25,30). The molecule has 0 spiro atoms. The molecule has 3 N–H and O–H groups in total. The number of ether oxygens (including phenoxy) is 1. The number of hydrogen-bond donors (Lipinski definition) is 3. The van der Waals surface area contributed by atoms with Crippen LogP contribution in [-0.2, 0) is 18.8 Å². The van der Waals surface area contributed by atoms with Gasteiger partial charge in [-0.25, -0.2) is 4.79 Å². The Hall–Kier alpha value is -4.87. The van der Waals surface area contributed by atoms with Crippen LogP contribution in [0.1, 0.15) is 38.4 Å². The van der Waals surface area contributed by atoms with Gasteiger partial charge in [-0.05, 0) is 31.2 Å². The molecule has 12 heteroatoms. The van der Waals surface area contributed by atoms with Crippen LogP contribution in [0.25, 0.3) is 10.9 Å². The first-order valence-corrected chi connectivity index (χ1v) is 10.6. The van der Waals surface area contributed by atoms with Crippen LogP contribution >= 0.6 is 0 Å². The minimum Gasteiger partial charge on any atom is -0.461 e. The largest absolute Gasteiger partial charge is 0.461 e. The van der Waals surface area contributed by atoms with Crippen molar-refractivity contribution in [2.75, 3.05) is 17.2 Å². The highest BCUT2D eigenvalue weighted by Gasteiger charge is 2.19. The summed E-state index contributed by atoms with van der Waals surface area (Å²) in [5, 5.41) is 17.1. The molecule has 0 aliphatic rings. The van der Waals surface area contributed by atoms with Gasteiger partial charge in [0.05, 0.1) is 23.4 Å². The molecule has 0 aliphatic carbocycles. The Morgan fingerprint density at radius 1 is 0.971 bits per heavy atom. The molecule has 0 aliphatic heterocycles. The molecule has 4 aromatic rings. The number of hydrogen-bond acceptors (Lipinski definition) is 6. The van der Waals surface area contributed by atoms with E-state index in [4.69, 9.17) is 4.74 Å². The molecular weight excluding hydrogens is 456 g/mol. The molecule has 2 amide bonds. The lowest BCUT2D eigenvalue weighted by atomic mass is 10.2. The SMILES string of the molecule is CCOC(=O)c1cc(NC(=O)c2cc3ccc(NC(=O)c4cc([N+](=O)[O-])cn4C)cc3[nH]2)cn1C. The van der Waals surface area contributed by atoms with Crippen molar-refractivity contribution in [1.29, 1.82) is 0 Å². The lowest BCUT2D eigenvalue weighted by molar-refractivity contribution is -0.384. The smallest absolute Gasteiger partial charge is 0.355 e. The fraction of sp³-hybridized carbons (Fsp3) is 0.174. The van der Waals surface area contributed by atoms with Crippen molar-refractivity contribution < 1.29 is 24.0 Å². The van der Waals surface area contributed by atoms with Crippen LogP contribution in [0, 0.1) is 10.1 Å². The monoisotopic (exact) mass is 478 g/mol. The molecule has 0 fully saturated rings. The fourth-order valence-electron chi connectivity index (χ4n) is 3.63. The summed E-state index contributed by atoms with van der Waals surface area (Å²) in [7, 11) is 3.22. The average molecular weight is 478 g/mol. The van der Waals surface area contributed by atoms with Crippen LogP contribution in [0.2, 0.25) is 0 Å². The number of anilines is 2. The van der Waals surface area contributed by atoms with Crippen LogP contribution in [0.15, 0.2) is 48.8 Å². The van der Waals surface area contributed by atoms with Crippen LogP contribution in [0.4, 0.5) is 17.1 Å². The van der Waals surface area contributed by atoms with Crippen LogP contribution in [0.5, 0.6) is 0 Å². The molecule has 180 valence electrons. The second-order valence-electron chi connectivity index (χ2n) is 7.79. The molecule has 4 rings (SSSR count). The van der Waals surface area contributed by atoms with Crippen molar-refractivity contribution >= 4 is 45.7 Å². The van der Waals surface area contributed by atoms with E-state index in [1.807, 2.05) is 0 Å². The van der Waals surface area contributed by atoms with Crippen molar-refractivity contribution in [3.05, 3.63) is 76.0 Å². The van der Waals surface area contributed by atoms with Gasteiger partial charge in [0.15, 0.2) is 0 Å². The number of nitrogens with zero attached hydrogens (tertiary/aromatic N) is 3. The van der Waals surface area contributed by atoms with Crippen LogP contribution in [0.3, 0.4) is 0 Å². The highest BCUT2D eigenvalue weighted by Crippen LogP contribution is 2.23. The summed E-state index contributed by atoms with van der Waals surface area (Å²) in [5.41, 5.74) is 2.03. The van der Waals surface area contributed by atoms with Crippen LogP contribution in [-0.4, -0.2) is 43.4 Å². The zero-order chi connectivity index (χ0) is 25.3. The zero-order valence-corrected chi connectivity index (χ0v) is 19.1. The van der Waals surface area contributed by atoms with E-state index in [9.17, 15) is 24.5 Å². The number of carbonyl (C=O) groups is 3. The Labute approximate surface area is 198 Å². The van der Waals surface area contributed by atoms with Gasteiger partial charge in [0.2, 0.25) is 0 Å². The number of fused-ring (bicyclic) bond motifs is 1. The maximum Gasteiger partial charge on any atom is 0.355 e. The van der Waals surface area contributed by atoms with Crippen molar-refractivity contribution in [1.82, 2.24) is 14.1 Å². The molecular formula is C23H22N6O6. The Morgan fingerprint density at radius 3 is 2.37 bits per heavy atom. The van der Waals surface area contributed by atoms with Crippen molar-refractivity contribution in [2.24, 2.45) is 14.1 Å². The zero-order valence-electron chi connectivity index (χ0n) is 19.1. The molecule has 3 aromatic heterocycles. The summed E-state index contributed by atoms with van der Waals surface area (Å²) in [6, 6.07) is 9.43. The van der Waals surface area contributed by atoms with E-state index in [2.05, 4.69) is 15.6 Å². The van der Waals surface area contributed by atoms with Gasteiger partial charge < -0.3 is 29.5 Å². The number of rotatable bonds is 7. The molecule has 0 unspecified atom stereocenters. The van der Waals surface area contributed by atoms with Gasteiger partial charge in [-0.15, -0.1) is 0 Å². The molecule has 1 aromatic carbocycles. The predicted octanol–water partition coefficient (Wildman–Crippen LogP) is 3.43. The second kappa shape index (κ2) is 9.17. The number of carbonyl (C=O) groups excluding carboxylic acids is 3. The summed E-state index contributed by atoms with van der Waals surface area (Å²) in [4.78, 5) is 50.7. The van der Waals surface area contributed by atoms with E-state index < -0.39 is 22.7 Å². The van der Waals surface area contributed by atoms with Gasteiger partial charge >= 0.3 is 5.97 Å². The van der Waals surface area contributed by atoms with Gasteiger partial charge in [0.1, 0.15) is 17.1 Å². The molecule has 0 atom stereocenters. The number of H-pyrrole nitrogens is 1. The average Bonchev–Trinajstić information content (AvgIpc) is 3.50. The van der Waals surface area contributed by atoms with E-state index in [1.165, 1.54) is 22.9 Å². The third-order valence-electron chi connectivity index (χ3n) is 5.31.